The third kappa shape index (κ3) is 3.77. The molecule has 2 aromatic rings. The highest BCUT2D eigenvalue weighted by Crippen LogP contribution is 2.37. The van der Waals surface area contributed by atoms with E-state index >= 15 is 0 Å². The molecule has 0 aliphatic carbocycles. The maximum atomic E-state index is 13.4. The summed E-state index contributed by atoms with van der Waals surface area (Å²) in [4.78, 5) is 0.202. The SMILES string of the molecule is COc1ccccc1C1CNCCN1S(=O)(=O)c1ccc2c(c1)OCCO2.Cl. The quantitative estimate of drug-likeness (QED) is 0.807. The number of benzene rings is 2. The first kappa shape index (κ1) is 20.7. The molecular formula is C19H23ClN2O5S. The smallest absolute Gasteiger partial charge is 0.243 e. The molecular weight excluding hydrogens is 404 g/mol. The standard InChI is InChI=1S/C19H22N2O5S.ClH/c1-24-17-5-3-2-4-15(17)16-13-20-8-9-21(16)27(22,23)14-6-7-18-19(12-14)26-11-10-25-18;/h2-7,12,16,20H,8-11,13H2,1H3;1H. The molecule has 0 bridgehead atoms. The lowest BCUT2D eigenvalue weighted by Gasteiger charge is -2.36. The zero-order valence-electron chi connectivity index (χ0n) is 15.5. The summed E-state index contributed by atoms with van der Waals surface area (Å²) >= 11 is 0. The topological polar surface area (TPSA) is 77.1 Å². The van der Waals surface area contributed by atoms with Crippen molar-refractivity contribution in [2.75, 3.05) is 40.0 Å². The molecule has 1 unspecified atom stereocenters. The maximum Gasteiger partial charge on any atom is 0.243 e. The number of ether oxygens (including phenoxy) is 3. The van der Waals surface area contributed by atoms with E-state index in [0.717, 1.165) is 5.56 Å². The number of fused-ring (bicyclic) bond motifs is 1. The van der Waals surface area contributed by atoms with Crippen molar-refractivity contribution in [1.82, 2.24) is 9.62 Å². The van der Waals surface area contributed by atoms with Crippen molar-refractivity contribution in [2.24, 2.45) is 0 Å². The van der Waals surface area contributed by atoms with Crippen LogP contribution < -0.4 is 19.5 Å². The zero-order chi connectivity index (χ0) is 18.9. The van der Waals surface area contributed by atoms with Crippen molar-refractivity contribution in [1.29, 1.82) is 0 Å². The predicted molar refractivity (Wildman–Crippen MR) is 107 cm³/mol. The summed E-state index contributed by atoms with van der Waals surface area (Å²) in [5.41, 5.74) is 0.841. The van der Waals surface area contributed by atoms with Gasteiger partial charge in [0.2, 0.25) is 10.0 Å². The number of halogens is 1. The molecule has 2 heterocycles. The molecule has 1 fully saturated rings. The van der Waals surface area contributed by atoms with Crippen LogP contribution >= 0.6 is 12.4 Å². The number of hydrogen-bond donors (Lipinski definition) is 1. The maximum absolute atomic E-state index is 13.4. The molecule has 0 spiro atoms. The second-order valence-corrected chi connectivity index (χ2v) is 8.27. The van der Waals surface area contributed by atoms with Crippen LogP contribution in [0.5, 0.6) is 17.2 Å². The number of nitrogens with one attached hydrogen (secondary N) is 1. The van der Waals surface area contributed by atoms with Gasteiger partial charge in [-0.2, -0.15) is 4.31 Å². The molecule has 2 aliphatic heterocycles. The highest BCUT2D eigenvalue weighted by Gasteiger charge is 2.36. The van der Waals surface area contributed by atoms with E-state index in [4.69, 9.17) is 14.2 Å². The summed E-state index contributed by atoms with van der Waals surface area (Å²) < 4.78 is 44.9. The lowest BCUT2D eigenvalue weighted by Crippen LogP contribution is -2.48. The lowest BCUT2D eigenvalue weighted by atomic mass is 10.0. The monoisotopic (exact) mass is 426 g/mol. The normalized spacial score (nSPS) is 19.5. The van der Waals surface area contributed by atoms with Crippen molar-refractivity contribution >= 4 is 22.4 Å². The van der Waals surface area contributed by atoms with Crippen molar-refractivity contribution in [3.05, 3.63) is 48.0 Å². The van der Waals surface area contributed by atoms with Crippen LogP contribution in [0, 0.1) is 0 Å². The largest absolute Gasteiger partial charge is 0.496 e. The minimum atomic E-state index is -3.72. The van der Waals surface area contributed by atoms with Crippen molar-refractivity contribution in [2.45, 2.75) is 10.9 Å². The zero-order valence-corrected chi connectivity index (χ0v) is 17.1. The highest BCUT2D eigenvalue weighted by atomic mass is 35.5. The van der Waals surface area contributed by atoms with E-state index in [1.54, 1.807) is 25.3 Å². The van der Waals surface area contributed by atoms with Crippen LogP contribution in [-0.2, 0) is 10.0 Å². The van der Waals surface area contributed by atoms with Crippen LogP contribution in [0.1, 0.15) is 11.6 Å². The van der Waals surface area contributed by atoms with Gasteiger partial charge in [0.1, 0.15) is 19.0 Å². The second-order valence-electron chi connectivity index (χ2n) is 6.38. The molecule has 0 saturated carbocycles. The van der Waals surface area contributed by atoms with Gasteiger partial charge in [0, 0.05) is 31.3 Å². The number of hydrogen-bond acceptors (Lipinski definition) is 6. The number of piperazine rings is 1. The Kier molecular flexibility index (Phi) is 6.34. The third-order valence-corrected chi connectivity index (χ3v) is 6.72. The van der Waals surface area contributed by atoms with Crippen LogP contribution in [0.25, 0.3) is 0 Å². The Bertz CT molecular complexity index is 938. The average molecular weight is 427 g/mol. The van der Waals surface area contributed by atoms with Crippen LogP contribution in [0.4, 0.5) is 0 Å². The molecule has 2 aliphatic rings. The molecule has 0 aromatic heterocycles. The molecule has 152 valence electrons. The Balaban J connectivity index is 0.00000225. The van der Waals surface area contributed by atoms with Crippen molar-refractivity contribution in [3.63, 3.8) is 0 Å². The number of para-hydroxylation sites is 1. The summed E-state index contributed by atoms with van der Waals surface area (Å²) in [5.74, 6) is 1.71. The Hall–Kier alpha value is -2.00. The number of sulfonamides is 1. The minimum Gasteiger partial charge on any atom is -0.496 e. The molecule has 0 amide bonds. The molecule has 2 aromatic carbocycles. The van der Waals surface area contributed by atoms with Gasteiger partial charge >= 0.3 is 0 Å². The number of nitrogens with zero attached hydrogens (tertiary/aromatic N) is 1. The van der Waals surface area contributed by atoms with Gasteiger partial charge in [0.25, 0.3) is 0 Å². The summed E-state index contributed by atoms with van der Waals surface area (Å²) in [7, 11) is -2.12. The van der Waals surface area contributed by atoms with Gasteiger partial charge in [0.05, 0.1) is 18.0 Å². The first-order valence-electron chi connectivity index (χ1n) is 8.86. The Labute approximate surface area is 171 Å². The van der Waals surface area contributed by atoms with Gasteiger partial charge in [-0.3, -0.25) is 0 Å². The predicted octanol–water partition coefficient (Wildman–Crippen LogP) is 2.22. The summed E-state index contributed by atoms with van der Waals surface area (Å²) in [6, 6.07) is 11.9. The van der Waals surface area contributed by atoms with Crippen molar-refractivity contribution in [3.8, 4) is 17.2 Å². The average Bonchev–Trinajstić information content (AvgIpc) is 2.73. The molecule has 7 nitrogen and oxygen atoms in total. The fraction of sp³-hybridized carbons (Fsp3) is 0.368. The molecule has 9 heteroatoms. The minimum absolute atomic E-state index is 0. The molecule has 1 atom stereocenters. The Morgan fingerprint density at radius 3 is 2.64 bits per heavy atom. The van der Waals surface area contributed by atoms with Crippen LogP contribution in [-0.4, -0.2) is 52.7 Å². The highest BCUT2D eigenvalue weighted by molar-refractivity contribution is 7.89. The second kappa shape index (κ2) is 8.57. The van der Waals surface area contributed by atoms with Gasteiger partial charge < -0.3 is 19.5 Å². The van der Waals surface area contributed by atoms with Gasteiger partial charge in [-0.15, -0.1) is 12.4 Å². The van der Waals surface area contributed by atoms with Crippen LogP contribution in [0.15, 0.2) is 47.4 Å². The van der Waals surface area contributed by atoms with E-state index in [0.29, 0.717) is 50.1 Å². The molecule has 0 radical (unpaired) electrons. The van der Waals surface area contributed by atoms with Crippen LogP contribution in [0.2, 0.25) is 0 Å². The third-order valence-electron chi connectivity index (χ3n) is 4.81. The van der Waals surface area contributed by atoms with Gasteiger partial charge in [-0.25, -0.2) is 8.42 Å². The van der Waals surface area contributed by atoms with Gasteiger partial charge in [-0.05, 0) is 18.2 Å². The molecule has 28 heavy (non-hydrogen) atoms. The number of rotatable bonds is 4. The van der Waals surface area contributed by atoms with E-state index in [1.807, 2.05) is 24.3 Å². The molecule has 1 N–H and O–H groups in total. The van der Waals surface area contributed by atoms with Crippen LogP contribution in [0.3, 0.4) is 0 Å². The summed E-state index contributed by atoms with van der Waals surface area (Å²) in [6.07, 6.45) is 0. The van der Waals surface area contributed by atoms with Crippen molar-refractivity contribution < 1.29 is 22.6 Å². The van der Waals surface area contributed by atoms with E-state index in [1.165, 1.54) is 4.31 Å². The molecule has 4 rings (SSSR count). The fourth-order valence-corrected chi connectivity index (χ4v) is 5.12. The van der Waals surface area contributed by atoms with E-state index in [9.17, 15) is 8.42 Å². The first-order chi connectivity index (χ1) is 13.1. The lowest BCUT2D eigenvalue weighted by molar-refractivity contribution is 0.171. The van der Waals surface area contributed by atoms with E-state index < -0.39 is 10.0 Å². The van der Waals surface area contributed by atoms with E-state index in [-0.39, 0.29) is 23.3 Å². The molecule has 1 saturated heterocycles. The first-order valence-corrected chi connectivity index (χ1v) is 10.3. The summed E-state index contributed by atoms with van der Waals surface area (Å²) in [5, 5.41) is 3.28. The Morgan fingerprint density at radius 2 is 1.86 bits per heavy atom. The summed E-state index contributed by atoms with van der Waals surface area (Å²) in [6.45, 7) is 2.36. The fourth-order valence-electron chi connectivity index (χ4n) is 3.50. The van der Waals surface area contributed by atoms with Gasteiger partial charge in [0.15, 0.2) is 11.5 Å². The van der Waals surface area contributed by atoms with E-state index in [2.05, 4.69) is 5.32 Å². The number of methoxy groups -OCH3 is 1. The Morgan fingerprint density at radius 1 is 1.11 bits per heavy atom. The van der Waals surface area contributed by atoms with Gasteiger partial charge in [-0.1, -0.05) is 18.2 Å².